The molecule has 73 heavy (non-hydrogen) atoms. The number of ether oxygens (including phenoxy) is 11. The predicted octanol–water partition coefficient (Wildman–Crippen LogP) is -13.8. The van der Waals surface area contributed by atoms with Gasteiger partial charge in [0.25, 0.3) is 0 Å². The molecule has 424 valence electrons. The Labute approximate surface area is 413 Å². The van der Waals surface area contributed by atoms with Gasteiger partial charge in [0, 0.05) is 13.8 Å². The number of carbonyl (C=O) groups is 2. The van der Waals surface area contributed by atoms with Crippen molar-refractivity contribution in [1.82, 2.24) is 10.6 Å². The lowest BCUT2D eigenvalue weighted by Gasteiger charge is -2.51. The van der Waals surface area contributed by atoms with Crippen LogP contribution in [-0.4, -0.2) is 327 Å². The number of hydrogen-bond donors (Lipinski definition) is 20. The monoisotopic (exact) mass is 1070 g/mol. The van der Waals surface area contributed by atoms with Crippen LogP contribution in [0, 0.1) is 0 Å². The molecule has 2 amide bonds. The Balaban J connectivity index is 1.21. The number of carbonyl (C=O) groups excluding carboxylic acids is 2. The molecule has 0 aromatic carbocycles. The first-order valence-corrected chi connectivity index (χ1v) is 23.1. The van der Waals surface area contributed by atoms with Crippen LogP contribution >= 0.6 is 0 Å². The number of rotatable bonds is 18. The Morgan fingerprint density at radius 3 is 0.986 bits per heavy atom. The van der Waals surface area contributed by atoms with Gasteiger partial charge in [0.1, 0.15) is 146 Å². The van der Waals surface area contributed by atoms with Crippen LogP contribution in [0.4, 0.5) is 0 Å². The van der Waals surface area contributed by atoms with Crippen molar-refractivity contribution in [1.29, 1.82) is 0 Å². The summed E-state index contributed by atoms with van der Waals surface area (Å²) in [6.45, 7) is -3.79. The van der Waals surface area contributed by atoms with Gasteiger partial charge in [-0.3, -0.25) is 9.59 Å². The van der Waals surface area contributed by atoms with E-state index in [1.54, 1.807) is 0 Å². The molecule has 0 radical (unpaired) electrons. The third-order valence-corrected chi connectivity index (χ3v) is 13.2. The second-order valence-electron chi connectivity index (χ2n) is 18.2. The normalized spacial score (nSPS) is 49.8. The van der Waals surface area contributed by atoms with E-state index in [0.29, 0.717) is 0 Å². The topological polar surface area (TPSA) is 524 Å². The van der Waals surface area contributed by atoms with Crippen molar-refractivity contribution in [2.24, 2.45) is 0 Å². The fraction of sp³-hybridized carbons (Fsp3) is 0.950. The van der Waals surface area contributed by atoms with Crippen LogP contribution in [-0.2, 0) is 61.7 Å². The summed E-state index contributed by atoms with van der Waals surface area (Å²) in [6, 6.07) is -3.53. The van der Waals surface area contributed by atoms with E-state index in [2.05, 4.69) is 10.6 Å². The van der Waals surface area contributed by atoms with Gasteiger partial charge >= 0.3 is 0 Å². The first kappa shape index (κ1) is 60.0. The lowest BCUT2D eigenvalue weighted by molar-refractivity contribution is -0.386. The van der Waals surface area contributed by atoms with Crippen LogP contribution in [0.15, 0.2) is 0 Å². The van der Waals surface area contributed by atoms with Crippen molar-refractivity contribution < 1.29 is 154 Å². The molecule has 0 saturated carbocycles. The van der Waals surface area contributed by atoms with Crippen LogP contribution < -0.4 is 10.6 Å². The van der Waals surface area contributed by atoms with Gasteiger partial charge in [0.15, 0.2) is 37.7 Å². The van der Waals surface area contributed by atoms with E-state index >= 15 is 0 Å². The zero-order chi connectivity index (χ0) is 53.9. The van der Waals surface area contributed by atoms with Crippen molar-refractivity contribution in [3.05, 3.63) is 0 Å². The highest BCUT2D eigenvalue weighted by Gasteiger charge is 2.58. The summed E-state index contributed by atoms with van der Waals surface area (Å²) in [7, 11) is 0. The number of amides is 2. The first-order valence-electron chi connectivity index (χ1n) is 23.1. The Morgan fingerprint density at radius 1 is 0.329 bits per heavy atom. The lowest BCUT2D eigenvalue weighted by Crippen LogP contribution is -2.70. The number of hydrogen-bond acceptors (Lipinski definition) is 31. The predicted molar refractivity (Wildman–Crippen MR) is 222 cm³/mol. The van der Waals surface area contributed by atoms with E-state index in [1.165, 1.54) is 0 Å². The van der Waals surface area contributed by atoms with E-state index in [0.717, 1.165) is 13.8 Å². The minimum absolute atomic E-state index is 0.829. The molecule has 6 saturated heterocycles. The zero-order valence-electron chi connectivity index (χ0n) is 38.9. The van der Waals surface area contributed by atoms with E-state index in [1.807, 2.05) is 0 Å². The summed E-state index contributed by atoms with van der Waals surface area (Å²) in [4.78, 5) is 25.0. The van der Waals surface area contributed by atoms with Crippen molar-refractivity contribution in [2.45, 2.75) is 198 Å². The van der Waals surface area contributed by atoms with Gasteiger partial charge in [-0.2, -0.15) is 0 Å². The molecule has 0 aromatic rings. The molecule has 20 N–H and O–H groups in total. The summed E-state index contributed by atoms with van der Waals surface area (Å²) >= 11 is 0. The summed E-state index contributed by atoms with van der Waals surface area (Å²) in [5.41, 5.74) is 0. The van der Waals surface area contributed by atoms with E-state index < -0.39 is 236 Å². The van der Waals surface area contributed by atoms with Gasteiger partial charge in [-0.15, -0.1) is 0 Å². The summed E-state index contributed by atoms with van der Waals surface area (Å²) in [6.07, 6.45) is -52.9. The minimum Gasteiger partial charge on any atom is -0.394 e. The fourth-order valence-corrected chi connectivity index (χ4v) is 9.32. The molecule has 0 spiro atoms. The summed E-state index contributed by atoms with van der Waals surface area (Å²) < 4.78 is 62.4. The smallest absolute Gasteiger partial charge is 0.217 e. The van der Waals surface area contributed by atoms with Crippen LogP contribution in [0.5, 0.6) is 0 Å². The highest BCUT2D eigenvalue weighted by molar-refractivity contribution is 5.73. The number of aliphatic hydroxyl groups is 18. The summed E-state index contributed by atoms with van der Waals surface area (Å²) in [5, 5.41) is 196. The first-order chi connectivity index (χ1) is 34.5. The van der Waals surface area contributed by atoms with Gasteiger partial charge < -0.3 is 155 Å². The van der Waals surface area contributed by atoms with Crippen LogP contribution in [0.25, 0.3) is 0 Å². The Kier molecular flexibility index (Phi) is 21.3. The van der Waals surface area contributed by atoms with Gasteiger partial charge in [-0.05, 0) is 0 Å². The molecule has 6 heterocycles. The zero-order valence-corrected chi connectivity index (χ0v) is 38.9. The van der Waals surface area contributed by atoms with E-state index in [4.69, 9.17) is 52.1 Å². The van der Waals surface area contributed by atoms with Crippen molar-refractivity contribution in [3.63, 3.8) is 0 Å². The molecule has 6 aliphatic heterocycles. The van der Waals surface area contributed by atoms with Gasteiger partial charge in [0.05, 0.1) is 39.6 Å². The van der Waals surface area contributed by atoms with Gasteiger partial charge in [-0.1, -0.05) is 0 Å². The largest absolute Gasteiger partial charge is 0.394 e. The Morgan fingerprint density at radius 2 is 0.630 bits per heavy atom. The summed E-state index contributed by atoms with van der Waals surface area (Å²) in [5.74, 6) is -1.69. The Bertz CT molecular complexity index is 1750. The highest BCUT2D eigenvalue weighted by atomic mass is 16.8. The van der Waals surface area contributed by atoms with Crippen molar-refractivity contribution >= 4 is 11.8 Å². The second kappa shape index (κ2) is 26.0. The molecule has 0 aromatic heterocycles. The lowest BCUT2D eigenvalue weighted by atomic mass is 9.93. The molecular formula is C40H68N2O31. The number of aliphatic hydroxyl groups excluding tert-OH is 18. The molecule has 6 fully saturated rings. The number of nitrogens with one attached hydrogen (secondary N) is 2. The molecule has 6 aliphatic rings. The van der Waals surface area contributed by atoms with Crippen LogP contribution in [0.3, 0.4) is 0 Å². The quantitative estimate of drug-likeness (QED) is 0.0606. The third-order valence-electron chi connectivity index (χ3n) is 13.2. The third kappa shape index (κ3) is 12.9. The molecule has 33 heteroatoms. The fourth-order valence-electron chi connectivity index (χ4n) is 9.32. The van der Waals surface area contributed by atoms with Crippen LogP contribution in [0.2, 0.25) is 0 Å². The standard InChI is InChI=1S/C40H68N2O31/c1-9(49)41-17-22(54)30(69-38-27(59)24(56)19(51)11(3-43)64-38)15(7-47)67-36(17)72-33-20(52)12(4-44)65-39(28(33)60)70-31-16(8-48)68-37(18(23(31)55)42-10(2)50)73-34-21(53)13(5-45)66-40(29(34)61)71-32-14(6-46)63-35(62)26(58)25(32)57/h11-40,43-48,51-62H,3-8H2,1-2H3,(H,41,49)(H,42,50)/t11-,12-,13-,14-,15-,16-,17-,18-,19+,20+,21+,22-,23-,24+,25-,26-,27-,28-,29-,30-,31-,32-,33+,34+,35?,36+,37+,38+,39+,40+/m1/s1. The van der Waals surface area contributed by atoms with Gasteiger partial charge in [0.2, 0.25) is 11.8 Å². The highest BCUT2D eigenvalue weighted by Crippen LogP contribution is 2.37. The molecule has 1 unspecified atom stereocenters. The van der Waals surface area contributed by atoms with Gasteiger partial charge in [-0.25, -0.2) is 0 Å². The molecule has 0 bridgehead atoms. The minimum atomic E-state index is -2.21. The van der Waals surface area contributed by atoms with Crippen molar-refractivity contribution in [2.75, 3.05) is 39.6 Å². The average molecular weight is 1070 g/mol. The second-order valence-corrected chi connectivity index (χ2v) is 18.2. The molecular weight excluding hydrogens is 1000 g/mol. The molecule has 6 rings (SSSR count). The van der Waals surface area contributed by atoms with Crippen LogP contribution in [0.1, 0.15) is 13.8 Å². The molecule has 30 atom stereocenters. The average Bonchev–Trinajstić information content (AvgIpc) is 3.36. The van der Waals surface area contributed by atoms with E-state index in [-0.39, 0.29) is 0 Å². The van der Waals surface area contributed by atoms with E-state index in [9.17, 15) is 102 Å². The molecule has 0 aliphatic carbocycles. The maximum absolute atomic E-state index is 12.6. The van der Waals surface area contributed by atoms with Crippen molar-refractivity contribution in [3.8, 4) is 0 Å². The Hall–Kier alpha value is -2.22. The maximum atomic E-state index is 12.6. The molecule has 33 nitrogen and oxygen atoms in total. The maximum Gasteiger partial charge on any atom is 0.217 e. The SMILES string of the molecule is CC(=O)N[C@H]1[C@H](O[C@H]2[C@@H](O)[C@@H](CO)O[C@@H](O[C@H]3[C@H](O)[C@@H](NC(C)=O)[C@H](O[C@H]4[C@@H](O)[C@@H](CO)O[C@@H](O[C@H]5[C@H](O)[C@@H](O)C(O)O[C@@H]5CO)[C@@H]4O)O[C@@H]3CO)[C@@H]2O)O[C@H](CO)[C@@H](O[C@@H]2O[C@H](CO)[C@H](O)[C@H](O)[C@H]2O)[C@@H]1O.